The van der Waals surface area contributed by atoms with Crippen LogP contribution >= 0.6 is 0 Å². The number of carbonyl (C=O) groups excluding carboxylic acids is 3. The van der Waals surface area contributed by atoms with Crippen LogP contribution in [-0.4, -0.2) is 61.8 Å². The Hall–Kier alpha value is -2.41. The van der Waals surface area contributed by atoms with Gasteiger partial charge in [0.25, 0.3) is 0 Å². The van der Waals surface area contributed by atoms with Crippen molar-refractivity contribution >= 4 is 17.6 Å². The molecule has 2 amide bonds. The number of carbonyl (C=O) groups is 3. The van der Waals surface area contributed by atoms with Gasteiger partial charge >= 0.3 is 0 Å². The largest absolute Gasteiger partial charge is 0.497 e. The lowest BCUT2D eigenvalue weighted by molar-refractivity contribution is -0.125. The third-order valence-electron chi connectivity index (χ3n) is 4.56. The minimum atomic E-state index is -0.221. The third-order valence-corrected chi connectivity index (χ3v) is 4.56. The van der Waals surface area contributed by atoms with E-state index in [2.05, 4.69) is 10.6 Å². The van der Waals surface area contributed by atoms with Gasteiger partial charge in [-0.05, 0) is 44.7 Å². The zero-order chi connectivity index (χ0) is 19.1. The maximum Gasteiger partial charge on any atom is 0.237 e. The number of likely N-dealkylation sites (tertiary alicyclic amines) is 1. The molecule has 0 bridgehead atoms. The summed E-state index contributed by atoms with van der Waals surface area (Å²) in [6.45, 7) is 3.10. The van der Waals surface area contributed by atoms with E-state index in [-0.39, 0.29) is 42.5 Å². The second-order valence-electron chi connectivity index (χ2n) is 6.50. The van der Waals surface area contributed by atoms with E-state index in [0.29, 0.717) is 30.8 Å². The molecule has 7 nitrogen and oxygen atoms in total. The highest BCUT2D eigenvalue weighted by molar-refractivity contribution is 5.98. The van der Waals surface area contributed by atoms with E-state index in [4.69, 9.17) is 4.74 Å². The number of benzene rings is 1. The molecule has 0 spiro atoms. The van der Waals surface area contributed by atoms with Gasteiger partial charge in [-0.3, -0.25) is 19.3 Å². The first kappa shape index (κ1) is 19.9. The second kappa shape index (κ2) is 9.33. The van der Waals surface area contributed by atoms with E-state index < -0.39 is 0 Å². The fraction of sp³-hybridized carbons (Fsp3) is 0.526. The van der Waals surface area contributed by atoms with Crippen molar-refractivity contribution in [2.45, 2.75) is 38.3 Å². The number of ketones is 1. The summed E-state index contributed by atoms with van der Waals surface area (Å²) in [5, 5.41) is 5.74. The molecule has 1 saturated heterocycles. The Kier molecular flexibility index (Phi) is 7.15. The average Bonchev–Trinajstić information content (AvgIpc) is 3.00. The summed E-state index contributed by atoms with van der Waals surface area (Å²) in [6.07, 6.45) is 0.873. The molecule has 1 aliphatic heterocycles. The molecule has 1 aromatic rings. The summed E-state index contributed by atoms with van der Waals surface area (Å²) in [5.41, 5.74) is 0.565. The van der Waals surface area contributed by atoms with Gasteiger partial charge in [0.15, 0.2) is 5.78 Å². The van der Waals surface area contributed by atoms with Crippen LogP contribution in [0.15, 0.2) is 24.3 Å². The molecule has 0 radical (unpaired) electrons. The van der Waals surface area contributed by atoms with Crippen LogP contribution in [0.2, 0.25) is 0 Å². The summed E-state index contributed by atoms with van der Waals surface area (Å²) in [6, 6.07) is 6.55. The highest BCUT2D eigenvalue weighted by Gasteiger charge is 2.34. The SMILES string of the molecule is CCNC(=O)[C@@H]1C[C@@H](NC(=O)CCC(=O)c2ccc(OC)cc2)CN1C. The van der Waals surface area contributed by atoms with Crippen LogP contribution in [-0.2, 0) is 9.59 Å². The predicted octanol–water partition coefficient (Wildman–Crippen LogP) is 0.983. The minimum absolute atomic E-state index is 0.0126. The van der Waals surface area contributed by atoms with Gasteiger partial charge in [-0.25, -0.2) is 0 Å². The third kappa shape index (κ3) is 5.29. The smallest absolute Gasteiger partial charge is 0.237 e. The normalized spacial score (nSPS) is 19.8. The van der Waals surface area contributed by atoms with Gasteiger partial charge in [0.1, 0.15) is 5.75 Å². The Morgan fingerprint density at radius 3 is 2.50 bits per heavy atom. The summed E-state index contributed by atoms with van der Waals surface area (Å²) >= 11 is 0. The molecule has 142 valence electrons. The molecule has 1 aliphatic rings. The summed E-state index contributed by atoms with van der Waals surface area (Å²) in [5.74, 6) is 0.432. The van der Waals surface area contributed by atoms with Gasteiger partial charge in [-0.15, -0.1) is 0 Å². The molecular formula is C19H27N3O4. The number of hydrogen-bond acceptors (Lipinski definition) is 5. The molecule has 1 heterocycles. The molecule has 0 unspecified atom stereocenters. The van der Waals surface area contributed by atoms with E-state index in [1.54, 1.807) is 31.4 Å². The molecule has 2 rings (SSSR count). The van der Waals surface area contributed by atoms with Crippen LogP contribution in [0.25, 0.3) is 0 Å². The molecule has 1 fully saturated rings. The molecule has 2 N–H and O–H groups in total. The van der Waals surface area contributed by atoms with Crippen LogP contribution in [0.3, 0.4) is 0 Å². The van der Waals surface area contributed by atoms with Gasteiger partial charge in [0.05, 0.1) is 13.2 Å². The van der Waals surface area contributed by atoms with Crippen LogP contribution in [0.4, 0.5) is 0 Å². The lowest BCUT2D eigenvalue weighted by Gasteiger charge is -2.17. The maximum atomic E-state index is 12.2. The highest BCUT2D eigenvalue weighted by atomic mass is 16.5. The molecule has 0 aliphatic carbocycles. The molecule has 1 aromatic carbocycles. The van der Waals surface area contributed by atoms with Crippen molar-refractivity contribution in [3.05, 3.63) is 29.8 Å². The topological polar surface area (TPSA) is 87.7 Å². The van der Waals surface area contributed by atoms with Gasteiger partial charge in [0.2, 0.25) is 11.8 Å². The average molecular weight is 361 g/mol. The van der Waals surface area contributed by atoms with Gasteiger partial charge in [-0.2, -0.15) is 0 Å². The number of methoxy groups -OCH3 is 1. The van der Waals surface area contributed by atoms with E-state index in [1.165, 1.54) is 0 Å². The fourth-order valence-corrected chi connectivity index (χ4v) is 3.15. The summed E-state index contributed by atoms with van der Waals surface area (Å²) in [4.78, 5) is 38.2. The van der Waals surface area contributed by atoms with E-state index in [0.717, 1.165) is 0 Å². The molecule has 7 heteroatoms. The van der Waals surface area contributed by atoms with Crippen LogP contribution in [0, 0.1) is 0 Å². The Morgan fingerprint density at radius 2 is 1.88 bits per heavy atom. The van der Waals surface area contributed by atoms with Crippen molar-refractivity contribution < 1.29 is 19.1 Å². The number of rotatable bonds is 8. The fourth-order valence-electron chi connectivity index (χ4n) is 3.15. The number of ether oxygens (including phenoxy) is 1. The Bertz CT molecular complexity index is 645. The van der Waals surface area contributed by atoms with Gasteiger partial charge < -0.3 is 15.4 Å². The first-order chi connectivity index (χ1) is 12.4. The molecule has 0 saturated carbocycles. The molecule has 0 aromatic heterocycles. The van der Waals surface area contributed by atoms with Crippen molar-refractivity contribution in [3.63, 3.8) is 0 Å². The zero-order valence-corrected chi connectivity index (χ0v) is 15.6. The van der Waals surface area contributed by atoms with E-state index in [1.807, 2.05) is 18.9 Å². The zero-order valence-electron chi connectivity index (χ0n) is 15.6. The van der Waals surface area contributed by atoms with Crippen LogP contribution in [0.1, 0.15) is 36.5 Å². The number of likely N-dealkylation sites (N-methyl/N-ethyl adjacent to an activating group) is 2. The van der Waals surface area contributed by atoms with Crippen LogP contribution < -0.4 is 15.4 Å². The standard InChI is InChI=1S/C19H27N3O4/c1-4-20-19(25)16-11-14(12-22(16)2)21-18(24)10-9-17(23)13-5-7-15(26-3)8-6-13/h5-8,14,16H,4,9-12H2,1-3H3,(H,20,25)(H,21,24)/t14-,16+/m1/s1. The van der Waals surface area contributed by atoms with Crippen LogP contribution in [0.5, 0.6) is 5.75 Å². The number of nitrogens with one attached hydrogen (secondary N) is 2. The van der Waals surface area contributed by atoms with Crippen molar-refractivity contribution in [1.82, 2.24) is 15.5 Å². The van der Waals surface area contributed by atoms with Gasteiger partial charge in [-0.1, -0.05) is 0 Å². The molecule has 2 atom stereocenters. The highest BCUT2D eigenvalue weighted by Crippen LogP contribution is 2.17. The monoisotopic (exact) mass is 361 g/mol. The van der Waals surface area contributed by atoms with Crippen molar-refractivity contribution in [3.8, 4) is 5.75 Å². The second-order valence-corrected chi connectivity index (χ2v) is 6.50. The van der Waals surface area contributed by atoms with E-state index in [9.17, 15) is 14.4 Å². The lowest BCUT2D eigenvalue weighted by Crippen LogP contribution is -2.41. The van der Waals surface area contributed by atoms with E-state index >= 15 is 0 Å². The Balaban J connectivity index is 1.78. The number of Topliss-reactive ketones (excluding diaryl/α,β-unsaturated/α-hetero) is 1. The minimum Gasteiger partial charge on any atom is -0.497 e. The number of hydrogen-bond donors (Lipinski definition) is 2. The van der Waals surface area contributed by atoms with Gasteiger partial charge in [0, 0.05) is 37.5 Å². The van der Waals surface area contributed by atoms with Crippen molar-refractivity contribution in [2.24, 2.45) is 0 Å². The summed E-state index contributed by atoms with van der Waals surface area (Å²) < 4.78 is 5.06. The number of amides is 2. The Morgan fingerprint density at radius 1 is 1.19 bits per heavy atom. The quantitative estimate of drug-likeness (QED) is 0.674. The van der Waals surface area contributed by atoms with Crippen molar-refractivity contribution in [1.29, 1.82) is 0 Å². The first-order valence-electron chi connectivity index (χ1n) is 8.89. The maximum absolute atomic E-state index is 12.2. The summed E-state index contributed by atoms with van der Waals surface area (Å²) in [7, 11) is 3.44. The lowest BCUT2D eigenvalue weighted by atomic mass is 10.1. The molecule has 26 heavy (non-hydrogen) atoms. The first-order valence-corrected chi connectivity index (χ1v) is 8.89. The number of nitrogens with zero attached hydrogens (tertiary/aromatic N) is 1. The predicted molar refractivity (Wildman–Crippen MR) is 98.2 cm³/mol. The molecular weight excluding hydrogens is 334 g/mol. The van der Waals surface area contributed by atoms with Crippen molar-refractivity contribution in [2.75, 3.05) is 27.2 Å². The Labute approximate surface area is 154 Å².